The van der Waals surface area contributed by atoms with Crippen LogP contribution in [-0.2, 0) is 14.8 Å². The Bertz CT molecular complexity index is 943. The third kappa shape index (κ3) is 4.58. The van der Waals surface area contributed by atoms with Crippen LogP contribution >= 0.6 is 0 Å². The lowest BCUT2D eigenvalue weighted by molar-refractivity contribution is -0.126. The lowest BCUT2D eigenvalue weighted by Gasteiger charge is -2.31. The highest BCUT2D eigenvalue weighted by Gasteiger charge is 2.33. The van der Waals surface area contributed by atoms with Crippen molar-refractivity contribution >= 4 is 21.8 Å². The van der Waals surface area contributed by atoms with Crippen LogP contribution in [0.1, 0.15) is 28.8 Å². The number of amides is 2. The maximum absolute atomic E-state index is 12.8. The number of hydrazine groups is 1. The highest BCUT2D eigenvalue weighted by Crippen LogP contribution is 2.24. The van der Waals surface area contributed by atoms with Gasteiger partial charge in [-0.2, -0.15) is 4.31 Å². The van der Waals surface area contributed by atoms with E-state index >= 15 is 0 Å². The van der Waals surface area contributed by atoms with Crippen LogP contribution in [0.25, 0.3) is 0 Å². The highest BCUT2D eigenvalue weighted by molar-refractivity contribution is 7.89. The molecule has 1 heterocycles. The highest BCUT2D eigenvalue weighted by atomic mass is 32.2. The molecule has 1 aliphatic rings. The van der Waals surface area contributed by atoms with Crippen molar-refractivity contribution in [2.75, 3.05) is 13.1 Å². The number of hydrogen-bond donors (Lipinski definition) is 2. The van der Waals surface area contributed by atoms with Gasteiger partial charge in [0.15, 0.2) is 0 Å². The van der Waals surface area contributed by atoms with Gasteiger partial charge in [0.2, 0.25) is 15.9 Å². The molecule has 7 nitrogen and oxygen atoms in total. The summed E-state index contributed by atoms with van der Waals surface area (Å²) in [4.78, 5) is 24.7. The minimum Gasteiger partial charge on any atom is -0.273 e. The molecular formula is C20H23N3O4S. The third-order valence-electron chi connectivity index (χ3n) is 4.75. The van der Waals surface area contributed by atoms with Crippen molar-refractivity contribution < 1.29 is 18.0 Å². The third-order valence-corrected chi connectivity index (χ3v) is 6.63. The number of sulfonamides is 1. The van der Waals surface area contributed by atoms with Crippen LogP contribution in [0.5, 0.6) is 0 Å². The Hall–Kier alpha value is -2.71. The van der Waals surface area contributed by atoms with Gasteiger partial charge in [0.25, 0.3) is 5.91 Å². The van der Waals surface area contributed by atoms with E-state index in [9.17, 15) is 18.0 Å². The minimum atomic E-state index is -3.65. The zero-order chi connectivity index (χ0) is 20.1. The second-order valence-electron chi connectivity index (χ2n) is 6.82. The number of rotatable bonds is 4. The molecule has 28 heavy (non-hydrogen) atoms. The minimum absolute atomic E-state index is 0.0866. The quantitative estimate of drug-likeness (QED) is 0.765. The normalized spacial score (nSPS) is 17.7. The Labute approximate surface area is 164 Å². The topological polar surface area (TPSA) is 95.6 Å². The molecule has 0 spiro atoms. The van der Waals surface area contributed by atoms with E-state index in [0.29, 0.717) is 24.9 Å². The van der Waals surface area contributed by atoms with Gasteiger partial charge in [-0.25, -0.2) is 8.42 Å². The van der Waals surface area contributed by atoms with E-state index in [0.717, 1.165) is 5.56 Å². The molecule has 2 N–H and O–H groups in total. The van der Waals surface area contributed by atoms with E-state index in [1.54, 1.807) is 54.6 Å². The first-order valence-electron chi connectivity index (χ1n) is 9.10. The molecule has 1 saturated heterocycles. The molecule has 0 saturated carbocycles. The summed E-state index contributed by atoms with van der Waals surface area (Å²) in [7, 11) is -3.65. The molecule has 0 unspecified atom stereocenters. The first kappa shape index (κ1) is 20.0. The van der Waals surface area contributed by atoms with E-state index < -0.39 is 27.8 Å². The van der Waals surface area contributed by atoms with E-state index in [-0.39, 0.29) is 11.4 Å². The van der Waals surface area contributed by atoms with Gasteiger partial charge >= 0.3 is 0 Å². The number of benzene rings is 2. The van der Waals surface area contributed by atoms with Crippen molar-refractivity contribution in [1.82, 2.24) is 15.2 Å². The molecule has 1 atom stereocenters. The fourth-order valence-corrected chi connectivity index (χ4v) is 4.64. The van der Waals surface area contributed by atoms with E-state index in [4.69, 9.17) is 0 Å². The van der Waals surface area contributed by atoms with Crippen molar-refractivity contribution in [2.45, 2.75) is 24.7 Å². The van der Waals surface area contributed by atoms with E-state index in [1.807, 2.05) is 6.92 Å². The Morgan fingerprint density at radius 3 is 2.36 bits per heavy atom. The molecule has 148 valence electrons. The van der Waals surface area contributed by atoms with Crippen molar-refractivity contribution in [3.63, 3.8) is 0 Å². The zero-order valence-electron chi connectivity index (χ0n) is 15.6. The van der Waals surface area contributed by atoms with Crippen LogP contribution in [0.15, 0.2) is 59.5 Å². The lowest BCUT2D eigenvalue weighted by Crippen LogP contribution is -2.50. The lowest BCUT2D eigenvalue weighted by atomic mass is 9.99. The number of aryl methyl sites for hydroxylation is 1. The van der Waals surface area contributed by atoms with Gasteiger partial charge in [-0.3, -0.25) is 20.4 Å². The Kier molecular flexibility index (Phi) is 6.11. The fourth-order valence-electron chi connectivity index (χ4n) is 3.12. The number of carbonyl (C=O) groups is 2. The van der Waals surface area contributed by atoms with Gasteiger partial charge in [-0.1, -0.05) is 35.9 Å². The summed E-state index contributed by atoms with van der Waals surface area (Å²) in [6.45, 7) is 2.35. The van der Waals surface area contributed by atoms with Gasteiger partial charge < -0.3 is 0 Å². The van der Waals surface area contributed by atoms with Gasteiger partial charge in [-0.05, 0) is 44.0 Å². The molecule has 0 aromatic heterocycles. The van der Waals surface area contributed by atoms with Crippen molar-refractivity contribution in [1.29, 1.82) is 0 Å². The summed E-state index contributed by atoms with van der Waals surface area (Å²) in [5.74, 6) is -1.34. The molecule has 8 heteroatoms. The Morgan fingerprint density at radius 2 is 1.68 bits per heavy atom. The van der Waals surface area contributed by atoms with Crippen LogP contribution in [0.2, 0.25) is 0 Å². The standard InChI is InChI=1S/C20H23N3O4S/c1-15-9-11-18(12-10-15)28(26,27)23-13-5-8-17(14-23)20(25)22-21-19(24)16-6-3-2-4-7-16/h2-4,6-7,9-12,17H,5,8,13-14H2,1H3,(H,21,24)(H,22,25)/t17-/m0/s1. The first-order valence-corrected chi connectivity index (χ1v) is 10.5. The zero-order valence-corrected chi connectivity index (χ0v) is 16.4. The monoisotopic (exact) mass is 401 g/mol. The number of nitrogens with one attached hydrogen (secondary N) is 2. The van der Waals surface area contributed by atoms with Crippen LogP contribution in [-0.4, -0.2) is 37.6 Å². The average molecular weight is 401 g/mol. The number of carbonyl (C=O) groups excluding carboxylic acids is 2. The van der Waals surface area contributed by atoms with Crippen molar-refractivity contribution in [3.05, 3.63) is 65.7 Å². The molecule has 1 aliphatic heterocycles. The largest absolute Gasteiger partial charge is 0.273 e. The molecule has 0 aliphatic carbocycles. The molecule has 0 bridgehead atoms. The molecule has 2 amide bonds. The molecule has 0 radical (unpaired) electrons. The summed E-state index contributed by atoms with van der Waals surface area (Å²) < 4.78 is 27.0. The summed E-state index contributed by atoms with van der Waals surface area (Å²) >= 11 is 0. The first-order chi connectivity index (χ1) is 13.4. The summed E-state index contributed by atoms with van der Waals surface area (Å²) in [5, 5.41) is 0. The molecule has 2 aromatic rings. The average Bonchev–Trinajstić information content (AvgIpc) is 2.72. The van der Waals surface area contributed by atoms with E-state index in [2.05, 4.69) is 10.9 Å². The molecule has 2 aromatic carbocycles. The SMILES string of the molecule is Cc1ccc(S(=O)(=O)N2CCC[C@H](C(=O)NNC(=O)c3ccccc3)C2)cc1. The molecular weight excluding hydrogens is 378 g/mol. The van der Waals surface area contributed by atoms with E-state index in [1.165, 1.54) is 4.31 Å². The molecule has 3 rings (SSSR count). The second kappa shape index (κ2) is 8.53. The molecule has 1 fully saturated rings. The van der Waals surface area contributed by atoms with Crippen LogP contribution in [0, 0.1) is 12.8 Å². The Balaban J connectivity index is 1.61. The predicted molar refractivity (Wildman–Crippen MR) is 105 cm³/mol. The van der Waals surface area contributed by atoms with Gasteiger partial charge in [0, 0.05) is 18.7 Å². The Morgan fingerprint density at radius 1 is 1.00 bits per heavy atom. The number of nitrogens with zero attached hydrogens (tertiary/aromatic N) is 1. The van der Waals surface area contributed by atoms with Crippen LogP contribution in [0.4, 0.5) is 0 Å². The maximum Gasteiger partial charge on any atom is 0.269 e. The number of hydrogen-bond acceptors (Lipinski definition) is 4. The number of piperidine rings is 1. The van der Waals surface area contributed by atoms with Crippen LogP contribution in [0.3, 0.4) is 0 Å². The van der Waals surface area contributed by atoms with Crippen molar-refractivity contribution in [2.24, 2.45) is 5.92 Å². The fraction of sp³-hybridized carbons (Fsp3) is 0.300. The van der Waals surface area contributed by atoms with Crippen LogP contribution < -0.4 is 10.9 Å². The smallest absolute Gasteiger partial charge is 0.269 e. The van der Waals surface area contributed by atoms with Gasteiger partial charge in [-0.15, -0.1) is 0 Å². The van der Waals surface area contributed by atoms with Gasteiger partial charge in [0.1, 0.15) is 0 Å². The summed E-state index contributed by atoms with van der Waals surface area (Å²) in [6.07, 6.45) is 1.14. The predicted octanol–water partition coefficient (Wildman–Crippen LogP) is 1.86. The maximum atomic E-state index is 12.8. The second-order valence-corrected chi connectivity index (χ2v) is 8.76. The summed E-state index contributed by atoms with van der Waals surface area (Å²) in [5.41, 5.74) is 6.19. The van der Waals surface area contributed by atoms with Crippen molar-refractivity contribution in [3.8, 4) is 0 Å². The van der Waals surface area contributed by atoms with Gasteiger partial charge in [0.05, 0.1) is 10.8 Å². The summed E-state index contributed by atoms with van der Waals surface area (Å²) in [6, 6.07) is 15.2.